The highest BCUT2D eigenvalue weighted by atomic mass is 79.9. The first-order chi connectivity index (χ1) is 15.0. The van der Waals surface area contributed by atoms with E-state index in [2.05, 4.69) is 31.4 Å². The topological polar surface area (TPSA) is 84.4 Å². The normalized spacial score (nSPS) is 10.5. The van der Waals surface area contributed by atoms with Crippen LogP contribution in [0.1, 0.15) is 19.8 Å². The summed E-state index contributed by atoms with van der Waals surface area (Å²) in [6, 6.07) is 16.9. The fourth-order valence-electron chi connectivity index (χ4n) is 2.81. The molecule has 0 fully saturated rings. The molecule has 162 valence electrons. The lowest BCUT2D eigenvalue weighted by atomic mass is 10.2. The highest BCUT2D eigenvalue weighted by Gasteiger charge is 2.16. The molecule has 7 nitrogen and oxygen atoms in total. The number of hydrogen-bond donors (Lipinski definition) is 1. The summed E-state index contributed by atoms with van der Waals surface area (Å²) in [6.45, 7) is 2.81. The maximum absolute atomic E-state index is 12.5. The molecule has 0 bridgehead atoms. The summed E-state index contributed by atoms with van der Waals surface area (Å²) < 4.78 is 6.49. The zero-order chi connectivity index (χ0) is 22.1. The van der Waals surface area contributed by atoms with E-state index in [9.17, 15) is 9.59 Å². The van der Waals surface area contributed by atoms with Crippen LogP contribution in [0.25, 0.3) is 10.6 Å². The lowest BCUT2D eigenvalue weighted by molar-refractivity contribution is -0.133. The van der Waals surface area contributed by atoms with Crippen molar-refractivity contribution in [3.63, 3.8) is 0 Å². The van der Waals surface area contributed by atoms with Crippen molar-refractivity contribution in [3.8, 4) is 16.3 Å². The van der Waals surface area contributed by atoms with Gasteiger partial charge >= 0.3 is 0 Å². The Labute approximate surface area is 193 Å². The minimum Gasteiger partial charge on any atom is -0.484 e. The number of aromatic nitrogens is 2. The lowest BCUT2D eigenvalue weighted by Gasteiger charge is -2.21. The molecule has 0 saturated heterocycles. The van der Waals surface area contributed by atoms with E-state index in [1.165, 1.54) is 11.3 Å². The lowest BCUT2D eigenvalue weighted by Crippen LogP contribution is -2.37. The second-order valence-corrected chi connectivity index (χ2v) is 8.60. The smallest absolute Gasteiger partial charge is 0.260 e. The van der Waals surface area contributed by atoms with Crippen LogP contribution in [0.3, 0.4) is 0 Å². The van der Waals surface area contributed by atoms with Crippen molar-refractivity contribution in [2.75, 3.05) is 25.0 Å². The third-order valence-corrected chi connectivity index (χ3v) is 5.68. The maximum Gasteiger partial charge on any atom is 0.260 e. The molecule has 1 N–H and O–H groups in total. The molecular formula is C22H23BrN4O3S. The van der Waals surface area contributed by atoms with Crippen LogP contribution in [0, 0.1) is 0 Å². The Morgan fingerprint density at radius 1 is 1.10 bits per heavy atom. The van der Waals surface area contributed by atoms with E-state index in [0.29, 0.717) is 24.0 Å². The number of para-hydroxylation sites is 1. The molecule has 0 aliphatic heterocycles. The van der Waals surface area contributed by atoms with E-state index in [-0.39, 0.29) is 24.8 Å². The molecule has 0 unspecified atom stereocenters. The van der Waals surface area contributed by atoms with Gasteiger partial charge in [-0.1, -0.05) is 64.5 Å². The molecule has 0 radical (unpaired) electrons. The molecule has 31 heavy (non-hydrogen) atoms. The Balaban J connectivity index is 1.50. The third-order valence-electron chi connectivity index (χ3n) is 4.30. The van der Waals surface area contributed by atoms with Crippen LogP contribution >= 0.6 is 27.3 Å². The zero-order valence-electron chi connectivity index (χ0n) is 17.1. The largest absolute Gasteiger partial charge is 0.484 e. The standard InChI is InChI=1S/C22H23BrN4O3S/c1-2-12-27(20(29)15-30-18-9-4-3-5-10-18)13-11-19(28)24-22-26-25-21(31-22)16-7-6-8-17(23)14-16/h3-10,14H,2,11-13,15H2,1H3,(H,24,26,28). The number of hydrogen-bond acceptors (Lipinski definition) is 6. The van der Waals surface area contributed by atoms with Crippen molar-refractivity contribution < 1.29 is 14.3 Å². The van der Waals surface area contributed by atoms with Gasteiger partial charge < -0.3 is 15.0 Å². The molecule has 1 heterocycles. The molecule has 2 amide bonds. The number of rotatable bonds is 10. The minimum absolute atomic E-state index is 0.0575. The quantitative estimate of drug-likeness (QED) is 0.437. The van der Waals surface area contributed by atoms with Gasteiger partial charge in [-0.05, 0) is 30.7 Å². The average Bonchev–Trinajstić information content (AvgIpc) is 3.24. The predicted molar refractivity (Wildman–Crippen MR) is 125 cm³/mol. The fraction of sp³-hybridized carbons (Fsp3) is 0.273. The fourth-order valence-corrected chi connectivity index (χ4v) is 3.97. The highest BCUT2D eigenvalue weighted by molar-refractivity contribution is 9.10. The van der Waals surface area contributed by atoms with Crippen molar-refractivity contribution in [1.82, 2.24) is 15.1 Å². The van der Waals surface area contributed by atoms with Gasteiger partial charge in [0.15, 0.2) is 6.61 Å². The third kappa shape index (κ3) is 7.15. The number of anilines is 1. The summed E-state index contributed by atoms with van der Waals surface area (Å²) >= 11 is 4.74. The molecule has 1 aromatic heterocycles. The summed E-state index contributed by atoms with van der Waals surface area (Å²) in [4.78, 5) is 26.5. The molecule has 0 saturated carbocycles. The number of benzene rings is 2. The minimum atomic E-state index is -0.213. The van der Waals surface area contributed by atoms with Crippen LogP contribution in [0.5, 0.6) is 5.75 Å². The molecule has 9 heteroatoms. The Kier molecular flexibility index (Phi) is 8.54. The van der Waals surface area contributed by atoms with E-state index >= 15 is 0 Å². The van der Waals surface area contributed by atoms with Crippen LogP contribution in [-0.4, -0.2) is 46.6 Å². The highest BCUT2D eigenvalue weighted by Crippen LogP contribution is 2.28. The number of carbonyl (C=O) groups excluding carboxylic acids is 2. The number of halogens is 1. The summed E-state index contributed by atoms with van der Waals surface area (Å²) in [5.74, 6) is 0.281. The SMILES string of the molecule is CCCN(CCC(=O)Nc1nnc(-c2cccc(Br)c2)s1)C(=O)COc1ccccc1. The van der Waals surface area contributed by atoms with Crippen LogP contribution in [0.2, 0.25) is 0 Å². The van der Waals surface area contributed by atoms with Gasteiger partial charge in [0.05, 0.1) is 0 Å². The summed E-state index contributed by atoms with van der Waals surface area (Å²) in [5.41, 5.74) is 0.922. The summed E-state index contributed by atoms with van der Waals surface area (Å²) in [5, 5.41) is 12.1. The number of amides is 2. The average molecular weight is 503 g/mol. The second-order valence-electron chi connectivity index (χ2n) is 6.70. The maximum atomic E-state index is 12.5. The van der Waals surface area contributed by atoms with Crippen molar-refractivity contribution in [2.24, 2.45) is 0 Å². The number of carbonyl (C=O) groups is 2. The van der Waals surface area contributed by atoms with Gasteiger partial charge in [0.2, 0.25) is 11.0 Å². The Morgan fingerprint density at radius 2 is 1.90 bits per heavy atom. The molecule has 3 rings (SSSR count). The van der Waals surface area contributed by atoms with E-state index < -0.39 is 0 Å². The first-order valence-corrected chi connectivity index (χ1v) is 11.5. The monoisotopic (exact) mass is 502 g/mol. The molecule has 0 aliphatic carbocycles. The first kappa shape index (κ1) is 22.9. The second kappa shape index (κ2) is 11.6. The van der Waals surface area contributed by atoms with Gasteiger partial charge in [-0.2, -0.15) is 0 Å². The molecule has 0 spiro atoms. The Morgan fingerprint density at radius 3 is 2.65 bits per heavy atom. The van der Waals surface area contributed by atoms with Gasteiger partial charge in [0.1, 0.15) is 10.8 Å². The van der Waals surface area contributed by atoms with Gasteiger partial charge in [-0.3, -0.25) is 9.59 Å². The van der Waals surface area contributed by atoms with E-state index in [0.717, 1.165) is 21.5 Å². The van der Waals surface area contributed by atoms with Crippen LogP contribution < -0.4 is 10.1 Å². The van der Waals surface area contributed by atoms with Gasteiger partial charge in [0, 0.05) is 29.5 Å². The Hall–Kier alpha value is -2.78. The summed E-state index contributed by atoms with van der Waals surface area (Å²) in [6.07, 6.45) is 0.966. The molecule has 2 aromatic carbocycles. The predicted octanol–water partition coefficient (Wildman–Crippen LogP) is 4.61. The van der Waals surface area contributed by atoms with Gasteiger partial charge in [-0.15, -0.1) is 10.2 Å². The zero-order valence-corrected chi connectivity index (χ0v) is 19.5. The first-order valence-electron chi connectivity index (χ1n) is 9.90. The molecular weight excluding hydrogens is 480 g/mol. The summed E-state index contributed by atoms with van der Waals surface area (Å²) in [7, 11) is 0. The van der Waals surface area contributed by atoms with Crippen LogP contribution in [0.15, 0.2) is 59.1 Å². The van der Waals surface area contributed by atoms with Crippen molar-refractivity contribution in [1.29, 1.82) is 0 Å². The van der Waals surface area contributed by atoms with Gasteiger partial charge in [0.25, 0.3) is 5.91 Å². The van der Waals surface area contributed by atoms with Crippen LogP contribution in [-0.2, 0) is 9.59 Å². The number of ether oxygens (including phenoxy) is 1. The van der Waals surface area contributed by atoms with E-state index in [1.54, 1.807) is 17.0 Å². The molecule has 0 atom stereocenters. The van der Waals surface area contributed by atoms with Gasteiger partial charge in [-0.25, -0.2) is 0 Å². The van der Waals surface area contributed by atoms with E-state index in [4.69, 9.17) is 4.74 Å². The van der Waals surface area contributed by atoms with Crippen molar-refractivity contribution in [3.05, 3.63) is 59.1 Å². The van der Waals surface area contributed by atoms with Crippen molar-refractivity contribution in [2.45, 2.75) is 19.8 Å². The molecule has 0 aliphatic rings. The van der Waals surface area contributed by atoms with Crippen LogP contribution in [0.4, 0.5) is 5.13 Å². The van der Waals surface area contributed by atoms with Crippen molar-refractivity contribution >= 4 is 44.2 Å². The van der Waals surface area contributed by atoms with E-state index in [1.807, 2.05) is 49.4 Å². The molecule has 3 aromatic rings. The number of nitrogens with zero attached hydrogens (tertiary/aromatic N) is 3. The number of nitrogens with one attached hydrogen (secondary N) is 1. The Bertz CT molecular complexity index is 1010.